The fourth-order valence-corrected chi connectivity index (χ4v) is 3.84. The van der Waals surface area contributed by atoms with Crippen LogP contribution in [0, 0.1) is 11.8 Å². The number of amides is 1. The first kappa shape index (κ1) is 18.9. The number of nitrogens with one attached hydrogen (secondary N) is 1. The zero-order chi connectivity index (χ0) is 19.9. The Labute approximate surface area is 171 Å². The summed E-state index contributed by atoms with van der Waals surface area (Å²) >= 11 is 0. The summed E-state index contributed by atoms with van der Waals surface area (Å²) in [6.07, 6.45) is 6.29. The smallest absolute Gasteiger partial charge is 0.243 e. The summed E-state index contributed by atoms with van der Waals surface area (Å²) in [5.74, 6) is 0.525. The molecule has 3 aromatic carbocycles. The first-order valence-electron chi connectivity index (χ1n) is 9.97. The Morgan fingerprint density at radius 3 is 2.00 bits per heavy atom. The highest BCUT2D eigenvalue weighted by molar-refractivity contribution is 5.84. The van der Waals surface area contributed by atoms with Gasteiger partial charge in [0.05, 0.1) is 0 Å². The van der Waals surface area contributed by atoms with Gasteiger partial charge in [0.2, 0.25) is 5.91 Å². The van der Waals surface area contributed by atoms with Crippen LogP contribution in [0.15, 0.2) is 102 Å². The number of carbonyl (C=O) groups is 1. The van der Waals surface area contributed by atoms with Gasteiger partial charge in [-0.15, -0.1) is 0 Å². The lowest BCUT2D eigenvalue weighted by atomic mass is 9.86. The van der Waals surface area contributed by atoms with Gasteiger partial charge in [0, 0.05) is 18.1 Å². The molecule has 3 nitrogen and oxygen atoms in total. The summed E-state index contributed by atoms with van der Waals surface area (Å²) in [6.45, 7) is 0. The Morgan fingerprint density at radius 2 is 1.41 bits per heavy atom. The average Bonchev–Trinajstić information content (AvgIpc) is 3.56. The molecule has 0 radical (unpaired) electrons. The van der Waals surface area contributed by atoms with Gasteiger partial charge >= 0.3 is 0 Å². The molecule has 1 aliphatic carbocycles. The minimum atomic E-state index is -0.00401. The maximum atomic E-state index is 12.6. The predicted molar refractivity (Wildman–Crippen MR) is 118 cm³/mol. The minimum Gasteiger partial charge on any atom is -0.273 e. The molecule has 0 aromatic heterocycles. The molecule has 2 atom stereocenters. The lowest BCUT2D eigenvalue weighted by Crippen LogP contribution is -2.21. The summed E-state index contributed by atoms with van der Waals surface area (Å²) < 4.78 is 0. The van der Waals surface area contributed by atoms with E-state index in [0.29, 0.717) is 5.92 Å². The third-order valence-electron chi connectivity index (χ3n) is 5.35. The maximum Gasteiger partial charge on any atom is 0.243 e. The molecular formula is C26H24N2O. The highest BCUT2D eigenvalue weighted by Gasteiger charge is 2.48. The fraction of sp³-hybridized carbons (Fsp3) is 0.154. The minimum absolute atomic E-state index is 0.00350. The van der Waals surface area contributed by atoms with Crippen molar-refractivity contribution in [1.29, 1.82) is 0 Å². The van der Waals surface area contributed by atoms with E-state index in [2.05, 4.69) is 59.1 Å². The SMILES string of the molecule is O=C(NN=C/C=C/c1ccccc1)[C@@H]1C[C@H]1C(c1ccccc1)c1ccccc1. The molecule has 0 aliphatic heterocycles. The van der Waals surface area contributed by atoms with Gasteiger partial charge in [0.15, 0.2) is 0 Å². The van der Waals surface area contributed by atoms with E-state index >= 15 is 0 Å². The van der Waals surface area contributed by atoms with Crippen LogP contribution in [-0.4, -0.2) is 12.1 Å². The van der Waals surface area contributed by atoms with Crippen LogP contribution in [0.3, 0.4) is 0 Å². The summed E-state index contributed by atoms with van der Waals surface area (Å²) in [5.41, 5.74) is 6.31. The number of hydrogen-bond donors (Lipinski definition) is 1. The fourth-order valence-electron chi connectivity index (χ4n) is 3.84. The molecule has 1 N–H and O–H groups in total. The monoisotopic (exact) mass is 380 g/mol. The van der Waals surface area contributed by atoms with Crippen molar-refractivity contribution in [2.75, 3.05) is 0 Å². The Morgan fingerprint density at radius 1 is 0.862 bits per heavy atom. The zero-order valence-corrected chi connectivity index (χ0v) is 16.2. The molecule has 4 rings (SSSR count). The normalized spacial score (nSPS) is 18.4. The van der Waals surface area contributed by atoms with Gasteiger partial charge in [0.1, 0.15) is 0 Å². The van der Waals surface area contributed by atoms with Gasteiger partial charge < -0.3 is 0 Å². The second-order valence-electron chi connectivity index (χ2n) is 7.33. The maximum absolute atomic E-state index is 12.6. The standard InChI is InChI=1S/C26H24N2O/c29-26(28-27-18-10-13-20-11-4-1-5-12-20)24-19-23(24)25(21-14-6-2-7-15-21)22-16-8-3-9-17-22/h1-18,23-25H,19H2,(H,28,29)/b13-10+,27-18?/t23-,24-/m1/s1. The number of hydrogen-bond acceptors (Lipinski definition) is 2. The van der Waals surface area contributed by atoms with Crippen molar-refractivity contribution in [3.63, 3.8) is 0 Å². The molecule has 1 aliphatic rings. The van der Waals surface area contributed by atoms with Crippen LogP contribution in [0.2, 0.25) is 0 Å². The molecule has 0 heterocycles. The topological polar surface area (TPSA) is 41.5 Å². The van der Waals surface area contributed by atoms with Gasteiger partial charge in [-0.05, 0) is 35.1 Å². The van der Waals surface area contributed by atoms with Crippen molar-refractivity contribution in [2.45, 2.75) is 12.3 Å². The number of benzene rings is 3. The van der Waals surface area contributed by atoms with E-state index in [-0.39, 0.29) is 17.7 Å². The van der Waals surface area contributed by atoms with E-state index in [1.807, 2.05) is 54.6 Å². The predicted octanol–water partition coefficient (Wildman–Crippen LogP) is 5.27. The molecule has 0 saturated heterocycles. The van der Waals surface area contributed by atoms with Crippen molar-refractivity contribution in [3.8, 4) is 0 Å². The Hall–Kier alpha value is -3.46. The Bertz CT molecular complexity index is 941. The van der Waals surface area contributed by atoms with Crippen LogP contribution in [-0.2, 0) is 4.79 Å². The third kappa shape index (κ3) is 4.88. The summed E-state index contributed by atoms with van der Waals surface area (Å²) in [6, 6.07) is 30.9. The second-order valence-corrected chi connectivity index (χ2v) is 7.33. The third-order valence-corrected chi connectivity index (χ3v) is 5.35. The number of allylic oxidation sites excluding steroid dienone is 1. The summed E-state index contributed by atoms with van der Waals surface area (Å²) in [5, 5.41) is 4.08. The van der Waals surface area contributed by atoms with Crippen LogP contribution in [0.25, 0.3) is 6.08 Å². The van der Waals surface area contributed by atoms with Crippen molar-refractivity contribution in [2.24, 2.45) is 16.9 Å². The zero-order valence-electron chi connectivity index (χ0n) is 16.2. The summed E-state index contributed by atoms with van der Waals surface area (Å²) in [7, 11) is 0. The van der Waals surface area contributed by atoms with Crippen LogP contribution >= 0.6 is 0 Å². The highest BCUT2D eigenvalue weighted by Crippen LogP contribution is 2.51. The van der Waals surface area contributed by atoms with Crippen LogP contribution in [0.5, 0.6) is 0 Å². The van der Waals surface area contributed by atoms with Crippen molar-refractivity contribution in [1.82, 2.24) is 5.43 Å². The van der Waals surface area contributed by atoms with Gasteiger partial charge in [0.25, 0.3) is 0 Å². The van der Waals surface area contributed by atoms with E-state index in [4.69, 9.17) is 0 Å². The van der Waals surface area contributed by atoms with Crippen LogP contribution < -0.4 is 5.43 Å². The van der Waals surface area contributed by atoms with E-state index in [1.165, 1.54) is 11.1 Å². The van der Waals surface area contributed by atoms with Gasteiger partial charge in [-0.2, -0.15) is 5.10 Å². The molecule has 3 aromatic rings. The molecule has 0 bridgehead atoms. The van der Waals surface area contributed by atoms with Gasteiger partial charge in [-0.1, -0.05) is 97.1 Å². The number of rotatable bonds is 7. The van der Waals surface area contributed by atoms with E-state index in [1.54, 1.807) is 6.21 Å². The van der Waals surface area contributed by atoms with Crippen LogP contribution in [0.1, 0.15) is 29.0 Å². The molecule has 0 unspecified atom stereocenters. The van der Waals surface area contributed by atoms with E-state index in [0.717, 1.165) is 12.0 Å². The van der Waals surface area contributed by atoms with Crippen molar-refractivity contribution in [3.05, 3.63) is 114 Å². The van der Waals surface area contributed by atoms with E-state index < -0.39 is 0 Å². The molecule has 3 heteroatoms. The molecule has 1 amide bonds. The lowest BCUT2D eigenvalue weighted by Gasteiger charge is -2.18. The molecule has 1 fully saturated rings. The van der Waals surface area contributed by atoms with Crippen molar-refractivity contribution >= 4 is 18.2 Å². The van der Waals surface area contributed by atoms with E-state index in [9.17, 15) is 4.79 Å². The quantitative estimate of drug-likeness (QED) is 0.440. The van der Waals surface area contributed by atoms with Crippen LogP contribution in [0.4, 0.5) is 0 Å². The first-order chi connectivity index (χ1) is 14.3. The first-order valence-corrected chi connectivity index (χ1v) is 9.97. The molecule has 0 spiro atoms. The number of nitrogens with zero attached hydrogens (tertiary/aromatic N) is 1. The largest absolute Gasteiger partial charge is 0.273 e. The van der Waals surface area contributed by atoms with Gasteiger partial charge in [-0.25, -0.2) is 5.43 Å². The molecule has 144 valence electrons. The lowest BCUT2D eigenvalue weighted by molar-refractivity contribution is -0.122. The Kier molecular flexibility index (Phi) is 5.96. The highest BCUT2D eigenvalue weighted by atomic mass is 16.2. The average molecular weight is 380 g/mol. The molecule has 1 saturated carbocycles. The van der Waals surface area contributed by atoms with Gasteiger partial charge in [-0.3, -0.25) is 4.79 Å². The number of carbonyl (C=O) groups excluding carboxylic acids is 1. The molecular weight excluding hydrogens is 356 g/mol. The van der Waals surface area contributed by atoms with Crippen molar-refractivity contribution < 1.29 is 4.79 Å². The molecule has 29 heavy (non-hydrogen) atoms. The summed E-state index contributed by atoms with van der Waals surface area (Å²) in [4.78, 5) is 12.6. The second kappa shape index (κ2) is 9.16. The Balaban J connectivity index is 1.38. The number of hydrazone groups is 1.